The average molecular weight is 292 g/mol. The van der Waals surface area contributed by atoms with Gasteiger partial charge >= 0.3 is 17.1 Å². The summed E-state index contributed by atoms with van der Waals surface area (Å²) < 4.78 is 0. The van der Waals surface area contributed by atoms with Crippen molar-refractivity contribution in [2.75, 3.05) is 0 Å². The SMILES string of the molecule is N=C([S-])[N-]/N=C/c1ccc2ccccc2n1.[Cu+2]. The van der Waals surface area contributed by atoms with Crippen molar-refractivity contribution in [1.29, 1.82) is 5.41 Å². The van der Waals surface area contributed by atoms with E-state index < -0.39 is 0 Å². The molecule has 2 rings (SSSR count). The molecular weight excluding hydrogens is 284 g/mol. The quantitative estimate of drug-likeness (QED) is 0.304. The summed E-state index contributed by atoms with van der Waals surface area (Å²) in [6.07, 6.45) is 1.48. The van der Waals surface area contributed by atoms with Crippen LogP contribution in [0.4, 0.5) is 0 Å². The van der Waals surface area contributed by atoms with Crippen molar-refractivity contribution >= 4 is 34.9 Å². The number of amidine groups is 1. The maximum atomic E-state index is 6.91. The van der Waals surface area contributed by atoms with Gasteiger partial charge in [0.25, 0.3) is 0 Å². The van der Waals surface area contributed by atoms with Crippen LogP contribution in [0.3, 0.4) is 0 Å². The molecule has 1 aromatic heterocycles. The number of aromatic nitrogens is 1. The molecule has 0 fully saturated rings. The predicted molar refractivity (Wildman–Crippen MR) is 67.8 cm³/mol. The molecule has 1 heterocycles. The molecule has 0 aliphatic rings. The van der Waals surface area contributed by atoms with Crippen molar-refractivity contribution < 1.29 is 17.1 Å². The number of fused-ring (bicyclic) bond motifs is 1. The van der Waals surface area contributed by atoms with E-state index in [0.29, 0.717) is 5.69 Å². The van der Waals surface area contributed by atoms with Crippen LogP contribution in [0, 0.1) is 5.41 Å². The fourth-order valence-electron chi connectivity index (χ4n) is 1.29. The fraction of sp³-hybridized carbons (Fsp3) is 0. The van der Waals surface area contributed by atoms with Gasteiger partial charge in [0.2, 0.25) is 0 Å². The predicted octanol–water partition coefficient (Wildman–Crippen LogP) is 2.42. The van der Waals surface area contributed by atoms with Crippen LogP contribution in [0.25, 0.3) is 16.3 Å². The molecule has 0 bridgehead atoms. The summed E-state index contributed by atoms with van der Waals surface area (Å²) in [5.41, 5.74) is 5.02. The second-order valence-electron chi connectivity index (χ2n) is 3.08. The minimum atomic E-state index is -0.239. The van der Waals surface area contributed by atoms with Crippen molar-refractivity contribution in [3.8, 4) is 0 Å². The van der Waals surface area contributed by atoms with Crippen LogP contribution in [-0.2, 0) is 29.7 Å². The number of pyridine rings is 1. The van der Waals surface area contributed by atoms with E-state index >= 15 is 0 Å². The maximum Gasteiger partial charge on any atom is 2.00 e. The number of rotatable bonds is 2. The molecule has 0 unspecified atom stereocenters. The van der Waals surface area contributed by atoms with Crippen molar-refractivity contribution in [1.82, 2.24) is 4.98 Å². The Kier molecular flexibility index (Phi) is 5.03. The smallest absolute Gasteiger partial charge is 0.788 e. The van der Waals surface area contributed by atoms with Gasteiger partial charge < -0.3 is 23.5 Å². The Morgan fingerprint density at radius 3 is 2.82 bits per heavy atom. The van der Waals surface area contributed by atoms with Gasteiger partial charge in [-0.15, -0.1) is 0 Å². The normalized spacial score (nSPS) is 10.1. The van der Waals surface area contributed by atoms with Gasteiger partial charge in [0.05, 0.1) is 17.4 Å². The van der Waals surface area contributed by atoms with E-state index in [1.807, 2.05) is 36.4 Å². The zero-order chi connectivity index (χ0) is 11.4. The van der Waals surface area contributed by atoms with Crippen LogP contribution in [0.5, 0.6) is 0 Å². The largest absolute Gasteiger partial charge is 2.00 e. The van der Waals surface area contributed by atoms with Gasteiger partial charge in [-0.2, -0.15) is 0 Å². The summed E-state index contributed by atoms with van der Waals surface area (Å²) in [7, 11) is 0. The van der Waals surface area contributed by atoms with Gasteiger partial charge in [0, 0.05) is 5.39 Å². The number of hydrogen-bond acceptors (Lipinski definition) is 4. The van der Waals surface area contributed by atoms with Gasteiger partial charge in [-0.3, -0.25) is 5.10 Å². The van der Waals surface area contributed by atoms with Gasteiger partial charge in [0.1, 0.15) is 0 Å². The van der Waals surface area contributed by atoms with E-state index in [1.54, 1.807) is 0 Å². The third-order valence-corrected chi connectivity index (χ3v) is 2.04. The Balaban J connectivity index is 0.00000144. The van der Waals surface area contributed by atoms with Gasteiger partial charge in [-0.25, -0.2) is 10.2 Å². The number of nitrogens with zero attached hydrogens (tertiary/aromatic N) is 3. The molecule has 4 nitrogen and oxygen atoms in total. The minimum Gasteiger partial charge on any atom is -0.788 e. The summed E-state index contributed by atoms with van der Waals surface area (Å²) in [5.74, 6) is 0. The first-order valence-corrected chi connectivity index (χ1v) is 5.02. The number of benzene rings is 1. The van der Waals surface area contributed by atoms with Crippen molar-refractivity contribution in [3.63, 3.8) is 0 Å². The third kappa shape index (κ3) is 3.78. The monoisotopic (exact) mass is 291 g/mol. The molecule has 0 saturated heterocycles. The first-order valence-electron chi connectivity index (χ1n) is 4.61. The van der Waals surface area contributed by atoms with E-state index in [-0.39, 0.29) is 22.2 Å². The van der Waals surface area contributed by atoms with Crippen LogP contribution in [0.2, 0.25) is 0 Å². The number of hydrogen-bond donors (Lipinski definition) is 1. The Labute approximate surface area is 115 Å². The fourth-order valence-corrected chi connectivity index (χ4v) is 1.34. The molecule has 0 spiro atoms. The van der Waals surface area contributed by atoms with E-state index in [0.717, 1.165) is 10.9 Å². The Hall–Kier alpha value is -1.49. The zero-order valence-electron chi connectivity index (χ0n) is 8.59. The van der Waals surface area contributed by atoms with Crippen LogP contribution >= 0.6 is 0 Å². The summed E-state index contributed by atoms with van der Waals surface area (Å²) in [6, 6.07) is 11.6. The Bertz CT molecular complexity index is 556. The number of nitrogens with one attached hydrogen (secondary N) is 1. The molecule has 1 aromatic carbocycles. The van der Waals surface area contributed by atoms with Gasteiger partial charge in [0.15, 0.2) is 0 Å². The molecule has 0 aliphatic carbocycles. The van der Waals surface area contributed by atoms with Crippen molar-refractivity contribution in [3.05, 3.63) is 47.5 Å². The summed E-state index contributed by atoms with van der Waals surface area (Å²) >= 11 is 4.45. The molecule has 89 valence electrons. The molecular formula is C11H8CuN4S. The summed E-state index contributed by atoms with van der Waals surface area (Å²) in [5, 5.41) is 11.4. The second kappa shape index (κ2) is 6.30. The second-order valence-corrected chi connectivity index (χ2v) is 3.47. The van der Waals surface area contributed by atoms with Gasteiger partial charge in [-0.05, 0) is 12.1 Å². The first kappa shape index (κ1) is 13.6. The third-order valence-electron chi connectivity index (χ3n) is 1.96. The summed E-state index contributed by atoms with van der Waals surface area (Å²) in [6.45, 7) is 0. The molecule has 0 amide bonds. The molecule has 17 heavy (non-hydrogen) atoms. The van der Waals surface area contributed by atoms with Crippen LogP contribution < -0.4 is 0 Å². The molecule has 0 atom stereocenters. The Morgan fingerprint density at radius 2 is 2.06 bits per heavy atom. The molecule has 1 radical (unpaired) electrons. The van der Waals surface area contributed by atoms with Gasteiger partial charge in [-0.1, -0.05) is 24.3 Å². The molecule has 1 N–H and O–H groups in total. The Morgan fingerprint density at radius 1 is 1.29 bits per heavy atom. The molecule has 2 aromatic rings. The first-order chi connectivity index (χ1) is 7.75. The van der Waals surface area contributed by atoms with E-state index in [4.69, 9.17) is 5.41 Å². The van der Waals surface area contributed by atoms with E-state index in [9.17, 15) is 0 Å². The maximum absolute atomic E-state index is 6.91. The molecule has 6 heteroatoms. The zero-order valence-corrected chi connectivity index (χ0v) is 10.4. The summed E-state index contributed by atoms with van der Waals surface area (Å²) in [4.78, 5) is 4.36. The van der Waals surface area contributed by atoms with Crippen LogP contribution in [0.15, 0.2) is 41.5 Å². The molecule has 0 saturated carbocycles. The average Bonchev–Trinajstić information content (AvgIpc) is 2.28. The topological polar surface area (TPSA) is 63.2 Å². The van der Waals surface area contributed by atoms with Crippen LogP contribution in [0.1, 0.15) is 5.69 Å². The standard InChI is InChI=1S/C11H9N4S.Cu/c12-11(16)15-13-7-9-6-5-8-3-1-2-4-10(8)14-9;/h1-7H,(H2-,12,14,15,16);/q-1;+2/p-1. The van der Waals surface area contributed by atoms with Crippen molar-refractivity contribution in [2.24, 2.45) is 5.10 Å². The van der Waals surface area contributed by atoms with Crippen LogP contribution in [-0.4, -0.2) is 16.4 Å². The number of para-hydroxylation sites is 1. The van der Waals surface area contributed by atoms with Crippen molar-refractivity contribution in [2.45, 2.75) is 0 Å². The molecule has 0 aliphatic heterocycles. The minimum absolute atomic E-state index is 0. The van der Waals surface area contributed by atoms with E-state index in [2.05, 4.69) is 28.1 Å². The van der Waals surface area contributed by atoms with E-state index in [1.165, 1.54) is 6.21 Å².